The van der Waals surface area contributed by atoms with Crippen LogP contribution >= 0.6 is 23.4 Å². The topological polar surface area (TPSA) is 81.2 Å². The standard InChI is InChI=1S/C13H18ClN3O3S/c1-3-7-21-13-16-8-9(14)11(17-13)12(19)15-6-4-5-10(18)20-2/h8H,3-7H2,1-2H3,(H,15,19). The maximum Gasteiger partial charge on any atom is 0.305 e. The summed E-state index contributed by atoms with van der Waals surface area (Å²) in [6, 6.07) is 0. The predicted molar refractivity (Wildman–Crippen MR) is 81.6 cm³/mol. The van der Waals surface area contributed by atoms with E-state index in [1.165, 1.54) is 25.1 Å². The Morgan fingerprint density at radius 1 is 1.48 bits per heavy atom. The fourth-order valence-electron chi connectivity index (χ4n) is 1.39. The summed E-state index contributed by atoms with van der Waals surface area (Å²) in [4.78, 5) is 31.2. The van der Waals surface area contributed by atoms with Gasteiger partial charge in [0.15, 0.2) is 10.9 Å². The minimum Gasteiger partial charge on any atom is -0.469 e. The third-order valence-corrected chi connectivity index (χ3v) is 3.79. The van der Waals surface area contributed by atoms with E-state index in [1.807, 2.05) is 0 Å². The van der Waals surface area contributed by atoms with Crippen molar-refractivity contribution in [2.45, 2.75) is 31.3 Å². The number of carbonyl (C=O) groups excluding carboxylic acids is 2. The van der Waals surface area contributed by atoms with Crippen molar-refractivity contribution in [3.8, 4) is 0 Å². The maximum atomic E-state index is 12.0. The minimum atomic E-state index is -0.370. The molecule has 1 rings (SSSR count). The Bertz CT molecular complexity index is 500. The maximum absolute atomic E-state index is 12.0. The SMILES string of the molecule is CCCSc1ncc(Cl)c(C(=O)NCCCC(=O)OC)n1. The van der Waals surface area contributed by atoms with E-state index in [1.54, 1.807) is 0 Å². The molecule has 0 unspecified atom stereocenters. The van der Waals surface area contributed by atoms with Crippen LogP contribution in [0.4, 0.5) is 0 Å². The van der Waals surface area contributed by atoms with Gasteiger partial charge in [0, 0.05) is 18.7 Å². The van der Waals surface area contributed by atoms with Crippen molar-refractivity contribution in [1.82, 2.24) is 15.3 Å². The first-order valence-corrected chi connectivity index (χ1v) is 7.95. The van der Waals surface area contributed by atoms with Crippen molar-refractivity contribution in [3.05, 3.63) is 16.9 Å². The van der Waals surface area contributed by atoms with Crippen molar-refractivity contribution < 1.29 is 14.3 Å². The second kappa shape index (κ2) is 9.57. The number of nitrogens with one attached hydrogen (secondary N) is 1. The van der Waals surface area contributed by atoms with Gasteiger partial charge in [-0.05, 0) is 12.8 Å². The first-order chi connectivity index (χ1) is 10.1. The monoisotopic (exact) mass is 331 g/mol. The number of rotatable bonds is 8. The molecule has 116 valence electrons. The molecular formula is C13H18ClN3O3S. The number of ether oxygens (including phenoxy) is 1. The zero-order chi connectivity index (χ0) is 15.7. The lowest BCUT2D eigenvalue weighted by atomic mass is 10.3. The second-order valence-electron chi connectivity index (χ2n) is 4.13. The number of methoxy groups -OCH3 is 1. The lowest BCUT2D eigenvalue weighted by Crippen LogP contribution is -2.26. The van der Waals surface area contributed by atoms with Gasteiger partial charge >= 0.3 is 5.97 Å². The van der Waals surface area contributed by atoms with Crippen LogP contribution in [-0.2, 0) is 9.53 Å². The Morgan fingerprint density at radius 3 is 2.90 bits per heavy atom. The van der Waals surface area contributed by atoms with E-state index in [4.69, 9.17) is 11.6 Å². The van der Waals surface area contributed by atoms with E-state index in [0.29, 0.717) is 18.1 Å². The Morgan fingerprint density at radius 2 is 2.24 bits per heavy atom. The lowest BCUT2D eigenvalue weighted by Gasteiger charge is -2.07. The molecule has 6 nitrogen and oxygen atoms in total. The molecule has 1 aromatic heterocycles. The van der Waals surface area contributed by atoms with E-state index < -0.39 is 0 Å². The molecule has 0 atom stereocenters. The van der Waals surface area contributed by atoms with Crippen LogP contribution in [0.25, 0.3) is 0 Å². The van der Waals surface area contributed by atoms with Crippen LogP contribution in [0.2, 0.25) is 5.02 Å². The third-order valence-electron chi connectivity index (χ3n) is 2.44. The summed E-state index contributed by atoms with van der Waals surface area (Å²) in [5, 5.41) is 3.41. The number of amides is 1. The molecule has 0 saturated carbocycles. The smallest absolute Gasteiger partial charge is 0.305 e. The molecule has 0 radical (unpaired) electrons. The highest BCUT2D eigenvalue weighted by Gasteiger charge is 2.14. The van der Waals surface area contributed by atoms with Crippen molar-refractivity contribution in [2.24, 2.45) is 0 Å². The van der Waals surface area contributed by atoms with Gasteiger partial charge in [0.1, 0.15) is 0 Å². The van der Waals surface area contributed by atoms with Gasteiger partial charge in [-0.25, -0.2) is 9.97 Å². The molecule has 8 heteroatoms. The summed E-state index contributed by atoms with van der Waals surface area (Å²) in [7, 11) is 1.33. The Labute approximate surface area is 133 Å². The van der Waals surface area contributed by atoms with Crippen molar-refractivity contribution in [1.29, 1.82) is 0 Å². The molecule has 0 spiro atoms. The van der Waals surface area contributed by atoms with Crippen molar-refractivity contribution in [3.63, 3.8) is 0 Å². The Kier molecular flexibility index (Phi) is 8.07. The molecule has 0 aliphatic rings. The number of aromatic nitrogens is 2. The molecule has 21 heavy (non-hydrogen) atoms. The summed E-state index contributed by atoms with van der Waals surface area (Å²) < 4.78 is 4.52. The van der Waals surface area contributed by atoms with Gasteiger partial charge < -0.3 is 10.1 Å². The van der Waals surface area contributed by atoms with Gasteiger partial charge in [0.25, 0.3) is 5.91 Å². The van der Waals surface area contributed by atoms with E-state index in [9.17, 15) is 9.59 Å². The summed E-state index contributed by atoms with van der Waals surface area (Å²) in [6.07, 6.45) is 3.17. The van der Waals surface area contributed by atoms with E-state index >= 15 is 0 Å². The summed E-state index contributed by atoms with van der Waals surface area (Å²) in [5.74, 6) is 0.204. The molecule has 0 aliphatic carbocycles. The molecule has 1 aromatic rings. The average molecular weight is 332 g/mol. The Hall–Kier alpha value is -1.34. The third kappa shape index (κ3) is 6.31. The van der Waals surface area contributed by atoms with Crippen LogP contribution in [0.5, 0.6) is 0 Å². The average Bonchev–Trinajstić information content (AvgIpc) is 2.50. The van der Waals surface area contributed by atoms with E-state index in [2.05, 4.69) is 26.9 Å². The number of carbonyl (C=O) groups is 2. The van der Waals surface area contributed by atoms with Gasteiger partial charge in [0.05, 0.1) is 18.3 Å². The highest BCUT2D eigenvalue weighted by atomic mass is 35.5. The van der Waals surface area contributed by atoms with Crippen LogP contribution < -0.4 is 5.32 Å². The van der Waals surface area contributed by atoms with Crippen LogP contribution in [0.3, 0.4) is 0 Å². The van der Waals surface area contributed by atoms with Crippen LogP contribution in [0, 0.1) is 0 Å². The highest BCUT2D eigenvalue weighted by molar-refractivity contribution is 7.99. The first kappa shape index (κ1) is 17.7. The van der Waals surface area contributed by atoms with Gasteiger partial charge in [-0.3, -0.25) is 9.59 Å². The molecule has 0 aromatic carbocycles. The van der Waals surface area contributed by atoms with Gasteiger partial charge in [-0.1, -0.05) is 30.3 Å². The van der Waals surface area contributed by atoms with Gasteiger partial charge in [-0.15, -0.1) is 0 Å². The van der Waals surface area contributed by atoms with E-state index in [0.717, 1.165) is 12.2 Å². The zero-order valence-electron chi connectivity index (χ0n) is 12.0. The van der Waals surface area contributed by atoms with Crippen LogP contribution in [0.15, 0.2) is 11.4 Å². The number of esters is 1. The fraction of sp³-hybridized carbons (Fsp3) is 0.538. The quantitative estimate of drug-likeness (QED) is 0.341. The molecular weight excluding hydrogens is 314 g/mol. The minimum absolute atomic E-state index is 0.156. The number of nitrogens with zero attached hydrogens (tertiary/aromatic N) is 2. The number of halogens is 1. The summed E-state index contributed by atoms with van der Waals surface area (Å²) in [5.41, 5.74) is 0.156. The summed E-state index contributed by atoms with van der Waals surface area (Å²) >= 11 is 7.42. The Balaban J connectivity index is 2.54. The van der Waals surface area contributed by atoms with Crippen molar-refractivity contribution in [2.75, 3.05) is 19.4 Å². The normalized spacial score (nSPS) is 10.2. The fourth-order valence-corrected chi connectivity index (χ4v) is 2.24. The molecule has 0 bridgehead atoms. The molecule has 1 N–H and O–H groups in total. The van der Waals surface area contributed by atoms with E-state index in [-0.39, 0.29) is 29.0 Å². The van der Waals surface area contributed by atoms with Crippen LogP contribution in [0.1, 0.15) is 36.7 Å². The van der Waals surface area contributed by atoms with Crippen molar-refractivity contribution >= 4 is 35.2 Å². The molecule has 1 heterocycles. The van der Waals surface area contributed by atoms with Crippen LogP contribution in [-0.4, -0.2) is 41.3 Å². The number of hydrogen-bond acceptors (Lipinski definition) is 6. The first-order valence-electron chi connectivity index (χ1n) is 6.58. The zero-order valence-corrected chi connectivity index (χ0v) is 13.6. The number of thioether (sulfide) groups is 1. The van der Waals surface area contributed by atoms with Gasteiger partial charge in [0.2, 0.25) is 0 Å². The largest absolute Gasteiger partial charge is 0.469 e. The second-order valence-corrected chi connectivity index (χ2v) is 5.60. The number of hydrogen-bond donors (Lipinski definition) is 1. The lowest BCUT2D eigenvalue weighted by molar-refractivity contribution is -0.140. The predicted octanol–water partition coefficient (Wildman–Crippen LogP) is 2.32. The summed E-state index contributed by atoms with van der Waals surface area (Å²) in [6.45, 7) is 2.41. The molecule has 0 saturated heterocycles. The molecule has 0 fully saturated rings. The molecule has 0 aliphatic heterocycles. The van der Waals surface area contributed by atoms with Gasteiger partial charge in [-0.2, -0.15) is 0 Å². The highest BCUT2D eigenvalue weighted by Crippen LogP contribution is 2.18. The molecule has 1 amide bonds.